The molecule has 7 heteroatoms. The van der Waals surface area contributed by atoms with Gasteiger partial charge in [0.05, 0.1) is 16.9 Å². The van der Waals surface area contributed by atoms with E-state index < -0.39 is 0 Å². The Morgan fingerprint density at radius 1 is 1.08 bits per heavy atom. The van der Waals surface area contributed by atoms with Crippen LogP contribution >= 0.6 is 11.3 Å². The van der Waals surface area contributed by atoms with E-state index in [-0.39, 0.29) is 17.6 Å². The zero-order chi connectivity index (χ0) is 17.6. The van der Waals surface area contributed by atoms with E-state index in [0.717, 1.165) is 5.56 Å². The van der Waals surface area contributed by atoms with Gasteiger partial charge in [0.1, 0.15) is 0 Å². The van der Waals surface area contributed by atoms with E-state index >= 15 is 0 Å². The summed E-state index contributed by atoms with van der Waals surface area (Å²) in [5.41, 5.74) is 4.54. The number of carbonyl (C=O) groups excluding carboxylic acids is 2. The van der Waals surface area contributed by atoms with Crippen LogP contribution < -0.4 is 10.7 Å². The second-order valence-electron chi connectivity index (χ2n) is 5.13. The highest BCUT2D eigenvalue weighted by Crippen LogP contribution is 2.14. The van der Waals surface area contributed by atoms with Crippen molar-refractivity contribution in [2.24, 2.45) is 5.10 Å². The molecule has 0 aliphatic rings. The minimum absolute atomic E-state index is 0.235. The second-order valence-corrected chi connectivity index (χ2v) is 6.08. The third-order valence-corrected chi connectivity index (χ3v) is 4.22. The Hall–Kier alpha value is -3.19. The first-order chi connectivity index (χ1) is 12.1. The van der Waals surface area contributed by atoms with Gasteiger partial charge in [-0.15, -0.1) is 11.3 Å². The maximum absolute atomic E-state index is 12.0. The summed E-state index contributed by atoms with van der Waals surface area (Å²) in [4.78, 5) is 24.5. The van der Waals surface area contributed by atoms with Gasteiger partial charge in [-0.1, -0.05) is 18.2 Å². The second kappa shape index (κ2) is 7.59. The van der Waals surface area contributed by atoms with Crippen LogP contribution in [0.15, 0.2) is 69.7 Å². The van der Waals surface area contributed by atoms with Gasteiger partial charge in [0.25, 0.3) is 11.8 Å². The molecular weight excluding hydrogens is 338 g/mol. The van der Waals surface area contributed by atoms with Crippen LogP contribution in [-0.4, -0.2) is 17.5 Å². The van der Waals surface area contributed by atoms with E-state index in [0.29, 0.717) is 16.3 Å². The maximum Gasteiger partial charge on any atom is 0.291 e. The highest BCUT2D eigenvalue weighted by atomic mass is 32.1. The predicted octanol–water partition coefficient (Wildman–Crippen LogP) is 3.75. The van der Waals surface area contributed by atoms with Crippen molar-refractivity contribution in [3.05, 3.63) is 76.4 Å². The number of rotatable bonds is 5. The summed E-state index contributed by atoms with van der Waals surface area (Å²) in [5, 5.41) is 8.70. The number of anilines is 1. The molecule has 2 N–H and O–H groups in total. The van der Waals surface area contributed by atoms with Crippen LogP contribution in [0.1, 0.15) is 32.7 Å². The molecule has 0 unspecified atom stereocenters. The summed E-state index contributed by atoms with van der Waals surface area (Å²) in [6.45, 7) is 1.78. The molecule has 0 radical (unpaired) electrons. The van der Waals surface area contributed by atoms with Crippen molar-refractivity contribution >= 4 is 34.6 Å². The molecule has 0 saturated heterocycles. The molecule has 126 valence electrons. The molecule has 25 heavy (non-hydrogen) atoms. The summed E-state index contributed by atoms with van der Waals surface area (Å²) < 4.78 is 5.06. The number of carbonyl (C=O) groups is 2. The third-order valence-electron chi connectivity index (χ3n) is 3.35. The molecule has 3 aromatic rings. The van der Waals surface area contributed by atoms with Gasteiger partial charge < -0.3 is 9.73 Å². The van der Waals surface area contributed by atoms with Gasteiger partial charge in [-0.3, -0.25) is 9.59 Å². The van der Waals surface area contributed by atoms with E-state index in [9.17, 15) is 9.59 Å². The zero-order valence-corrected chi connectivity index (χ0v) is 14.2. The average Bonchev–Trinajstić information content (AvgIpc) is 3.33. The number of thiophene rings is 1. The maximum atomic E-state index is 12.0. The monoisotopic (exact) mass is 353 g/mol. The van der Waals surface area contributed by atoms with Crippen molar-refractivity contribution in [1.82, 2.24) is 5.43 Å². The van der Waals surface area contributed by atoms with Gasteiger partial charge in [0, 0.05) is 5.69 Å². The van der Waals surface area contributed by atoms with Crippen molar-refractivity contribution < 1.29 is 14.0 Å². The smallest absolute Gasteiger partial charge is 0.291 e. The number of hydrogen-bond acceptors (Lipinski definition) is 5. The first kappa shape index (κ1) is 16.7. The van der Waals surface area contributed by atoms with Gasteiger partial charge >= 0.3 is 0 Å². The van der Waals surface area contributed by atoms with E-state index in [1.54, 1.807) is 49.4 Å². The fourth-order valence-corrected chi connectivity index (χ4v) is 2.70. The molecule has 0 atom stereocenters. The molecular formula is C18H15N3O3S. The molecule has 1 aromatic carbocycles. The highest BCUT2D eigenvalue weighted by molar-refractivity contribution is 7.12. The minimum atomic E-state index is -0.331. The fourth-order valence-electron chi connectivity index (χ4n) is 2.08. The number of amides is 2. The van der Waals surface area contributed by atoms with Crippen LogP contribution in [0.25, 0.3) is 0 Å². The van der Waals surface area contributed by atoms with Gasteiger partial charge in [-0.25, -0.2) is 5.43 Å². The van der Waals surface area contributed by atoms with E-state index in [4.69, 9.17) is 4.42 Å². The fraction of sp³-hybridized carbons (Fsp3) is 0.0556. The molecule has 0 spiro atoms. The number of nitrogens with zero attached hydrogens (tertiary/aromatic N) is 1. The lowest BCUT2D eigenvalue weighted by Crippen LogP contribution is -2.18. The van der Waals surface area contributed by atoms with Crippen LogP contribution in [0, 0.1) is 0 Å². The first-order valence-corrected chi connectivity index (χ1v) is 8.35. The van der Waals surface area contributed by atoms with Crippen LogP contribution in [0.5, 0.6) is 0 Å². The lowest BCUT2D eigenvalue weighted by Gasteiger charge is -2.06. The molecule has 0 aliphatic heterocycles. The molecule has 6 nitrogen and oxygen atoms in total. The lowest BCUT2D eigenvalue weighted by atomic mass is 10.1. The Labute approximate surface area is 148 Å². The predicted molar refractivity (Wildman–Crippen MR) is 97.1 cm³/mol. The standard InChI is InChI=1S/C18H15N3O3S/c1-12(20-21-18(23)16-8-4-10-25-16)13-5-2-6-14(11-13)19-17(22)15-7-3-9-24-15/h2-11H,1H3,(H,19,22)(H,21,23)/b20-12-. The van der Waals surface area contributed by atoms with Crippen LogP contribution in [0.3, 0.4) is 0 Å². The molecule has 2 amide bonds. The van der Waals surface area contributed by atoms with E-state index in [1.807, 2.05) is 11.4 Å². The number of hydrazone groups is 1. The van der Waals surface area contributed by atoms with Crippen molar-refractivity contribution in [1.29, 1.82) is 0 Å². The van der Waals surface area contributed by atoms with Crippen LogP contribution in [-0.2, 0) is 0 Å². The number of hydrogen-bond donors (Lipinski definition) is 2. The molecule has 3 rings (SSSR count). The van der Waals surface area contributed by atoms with Gasteiger partial charge in [0.2, 0.25) is 0 Å². The van der Waals surface area contributed by atoms with E-state index in [2.05, 4.69) is 15.8 Å². The Morgan fingerprint density at radius 2 is 1.96 bits per heavy atom. The Morgan fingerprint density at radius 3 is 2.68 bits per heavy atom. The zero-order valence-electron chi connectivity index (χ0n) is 13.4. The summed E-state index contributed by atoms with van der Waals surface area (Å²) in [6, 6.07) is 14.0. The Bertz CT molecular complexity index is 900. The van der Waals surface area contributed by atoms with E-state index in [1.165, 1.54) is 17.6 Å². The molecule has 0 bridgehead atoms. The number of nitrogens with one attached hydrogen (secondary N) is 2. The number of furan rings is 1. The van der Waals surface area contributed by atoms with Crippen molar-refractivity contribution in [2.45, 2.75) is 6.92 Å². The largest absolute Gasteiger partial charge is 0.459 e. The van der Waals surface area contributed by atoms with Crippen LogP contribution in [0.4, 0.5) is 5.69 Å². The first-order valence-electron chi connectivity index (χ1n) is 7.47. The molecule has 0 aliphatic carbocycles. The van der Waals surface area contributed by atoms with Crippen molar-refractivity contribution in [3.8, 4) is 0 Å². The summed E-state index contributed by atoms with van der Waals surface area (Å²) in [6.07, 6.45) is 1.44. The Balaban J connectivity index is 1.68. The number of benzene rings is 1. The average molecular weight is 353 g/mol. The van der Waals surface area contributed by atoms with Crippen LogP contribution in [0.2, 0.25) is 0 Å². The third kappa shape index (κ3) is 4.21. The quantitative estimate of drug-likeness (QED) is 0.541. The summed E-state index contributed by atoms with van der Waals surface area (Å²) in [5.74, 6) is -0.349. The normalized spacial score (nSPS) is 11.2. The molecule has 0 saturated carbocycles. The van der Waals surface area contributed by atoms with Gasteiger partial charge in [-0.2, -0.15) is 5.10 Å². The minimum Gasteiger partial charge on any atom is -0.459 e. The SMILES string of the molecule is C/C(=N/NC(=O)c1cccs1)c1cccc(NC(=O)c2ccco2)c1. The summed E-state index contributed by atoms with van der Waals surface area (Å²) >= 11 is 1.35. The highest BCUT2D eigenvalue weighted by Gasteiger charge is 2.10. The Kier molecular flexibility index (Phi) is 5.06. The molecule has 2 aromatic heterocycles. The summed E-state index contributed by atoms with van der Waals surface area (Å²) in [7, 11) is 0. The van der Waals surface area contributed by atoms with Gasteiger partial charge in [0.15, 0.2) is 5.76 Å². The van der Waals surface area contributed by atoms with Gasteiger partial charge in [-0.05, 0) is 48.2 Å². The topological polar surface area (TPSA) is 83.7 Å². The lowest BCUT2D eigenvalue weighted by molar-refractivity contribution is 0.0957. The molecule has 2 heterocycles. The molecule has 0 fully saturated rings. The van der Waals surface area contributed by atoms with Crippen molar-refractivity contribution in [2.75, 3.05) is 5.32 Å². The van der Waals surface area contributed by atoms with Crippen molar-refractivity contribution in [3.63, 3.8) is 0 Å².